The van der Waals surface area contributed by atoms with Gasteiger partial charge in [-0.3, -0.25) is 0 Å². The van der Waals surface area contributed by atoms with E-state index in [0.29, 0.717) is 0 Å². The summed E-state index contributed by atoms with van der Waals surface area (Å²) >= 11 is 0. The summed E-state index contributed by atoms with van der Waals surface area (Å²) in [6.07, 6.45) is 2.08. The maximum atomic E-state index is 6.28. The first-order chi connectivity index (χ1) is 8.31. The number of hydrogen-bond donors (Lipinski definition) is 1. The van der Waals surface area contributed by atoms with E-state index in [9.17, 15) is 0 Å². The number of methoxy groups -OCH3 is 1. The molecule has 0 aliphatic carbocycles. The van der Waals surface area contributed by atoms with Crippen LogP contribution in [0.3, 0.4) is 0 Å². The molecule has 1 atom stereocenters. The lowest BCUT2D eigenvalue weighted by atomic mass is 9.83. The first kappa shape index (κ1) is 15.0. The maximum Gasteiger partial charge on any atom is 0.127 e. The van der Waals surface area contributed by atoms with Crippen LogP contribution in [0.25, 0.3) is 0 Å². The fourth-order valence-electron chi connectivity index (χ4n) is 2.33. The molecule has 1 aromatic rings. The highest BCUT2D eigenvalue weighted by atomic mass is 16.5. The molecule has 2 heteroatoms. The van der Waals surface area contributed by atoms with Gasteiger partial charge >= 0.3 is 0 Å². The van der Waals surface area contributed by atoms with E-state index in [0.717, 1.165) is 24.2 Å². The third kappa shape index (κ3) is 3.26. The van der Waals surface area contributed by atoms with Gasteiger partial charge in [0.15, 0.2) is 0 Å². The molecule has 1 unspecified atom stereocenters. The van der Waals surface area contributed by atoms with Crippen LogP contribution in [0, 0.1) is 6.92 Å². The van der Waals surface area contributed by atoms with Crippen molar-refractivity contribution in [1.82, 2.24) is 0 Å². The zero-order valence-electron chi connectivity index (χ0n) is 12.6. The standard InChI is InChI=1S/C16H27NO/c1-7-8-14(17)12-9-11(2)10-13(15(12)18-6)16(3,4)5/h9-10,14H,7-8,17H2,1-6H3. The van der Waals surface area contributed by atoms with E-state index in [1.807, 2.05) is 0 Å². The lowest BCUT2D eigenvalue weighted by Gasteiger charge is -2.26. The van der Waals surface area contributed by atoms with Gasteiger partial charge in [-0.25, -0.2) is 0 Å². The molecule has 0 bridgehead atoms. The van der Waals surface area contributed by atoms with Gasteiger partial charge in [-0.05, 0) is 18.8 Å². The van der Waals surface area contributed by atoms with E-state index in [2.05, 4.69) is 46.8 Å². The molecule has 0 saturated heterocycles. The molecule has 0 aliphatic rings. The Morgan fingerprint density at radius 3 is 2.33 bits per heavy atom. The van der Waals surface area contributed by atoms with Crippen molar-refractivity contribution in [2.75, 3.05) is 7.11 Å². The summed E-state index contributed by atoms with van der Waals surface area (Å²) < 4.78 is 5.65. The summed E-state index contributed by atoms with van der Waals surface area (Å²) in [5, 5.41) is 0. The van der Waals surface area contributed by atoms with Gasteiger partial charge in [0.25, 0.3) is 0 Å². The Bertz CT molecular complexity index is 404. The first-order valence-electron chi connectivity index (χ1n) is 6.75. The Morgan fingerprint density at radius 1 is 1.28 bits per heavy atom. The van der Waals surface area contributed by atoms with Gasteiger partial charge in [0.2, 0.25) is 0 Å². The van der Waals surface area contributed by atoms with Crippen molar-refractivity contribution in [3.8, 4) is 5.75 Å². The molecule has 0 aliphatic heterocycles. The molecule has 1 rings (SSSR count). The maximum absolute atomic E-state index is 6.28. The molecule has 102 valence electrons. The molecule has 0 amide bonds. The highest BCUT2D eigenvalue weighted by Crippen LogP contribution is 2.38. The number of ether oxygens (including phenoxy) is 1. The second-order valence-electron chi connectivity index (χ2n) is 6.08. The van der Waals surface area contributed by atoms with Gasteiger partial charge in [-0.15, -0.1) is 0 Å². The Kier molecular flexibility index (Phi) is 4.80. The fraction of sp³-hybridized carbons (Fsp3) is 0.625. The average molecular weight is 249 g/mol. The van der Waals surface area contributed by atoms with Gasteiger partial charge in [-0.1, -0.05) is 51.8 Å². The van der Waals surface area contributed by atoms with E-state index in [-0.39, 0.29) is 11.5 Å². The van der Waals surface area contributed by atoms with Crippen molar-refractivity contribution >= 4 is 0 Å². The van der Waals surface area contributed by atoms with E-state index in [1.165, 1.54) is 11.1 Å². The summed E-state index contributed by atoms with van der Waals surface area (Å²) in [6.45, 7) is 10.9. The second-order valence-corrected chi connectivity index (χ2v) is 6.08. The minimum atomic E-state index is 0.0611. The fourth-order valence-corrected chi connectivity index (χ4v) is 2.33. The predicted molar refractivity (Wildman–Crippen MR) is 78.3 cm³/mol. The summed E-state index contributed by atoms with van der Waals surface area (Å²) in [7, 11) is 1.74. The van der Waals surface area contributed by atoms with Gasteiger partial charge < -0.3 is 10.5 Å². The third-order valence-electron chi connectivity index (χ3n) is 3.27. The van der Waals surface area contributed by atoms with E-state index in [4.69, 9.17) is 10.5 Å². The topological polar surface area (TPSA) is 35.2 Å². The van der Waals surface area contributed by atoms with Crippen LogP contribution >= 0.6 is 0 Å². The summed E-state index contributed by atoms with van der Waals surface area (Å²) in [6, 6.07) is 4.43. The van der Waals surface area contributed by atoms with Crippen LogP contribution in [0.4, 0.5) is 0 Å². The van der Waals surface area contributed by atoms with Crippen LogP contribution in [0.15, 0.2) is 12.1 Å². The molecule has 1 aromatic carbocycles. The molecule has 0 heterocycles. The van der Waals surface area contributed by atoms with Crippen molar-refractivity contribution < 1.29 is 4.74 Å². The van der Waals surface area contributed by atoms with Crippen LogP contribution in [0.2, 0.25) is 0 Å². The summed E-state index contributed by atoms with van der Waals surface area (Å²) in [4.78, 5) is 0. The zero-order valence-corrected chi connectivity index (χ0v) is 12.6. The summed E-state index contributed by atoms with van der Waals surface area (Å²) in [5.41, 5.74) is 9.99. The van der Waals surface area contributed by atoms with E-state index >= 15 is 0 Å². The molecule has 2 nitrogen and oxygen atoms in total. The van der Waals surface area contributed by atoms with Gasteiger partial charge in [0.05, 0.1) is 7.11 Å². The Labute approximate surface area is 112 Å². The van der Waals surface area contributed by atoms with Crippen LogP contribution in [-0.4, -0.2) is 7.11 Å². The molecular formula is C16H27NO. The molecule has 18 heavy (non-hydrogen) atoms. The van der Waals surface area contributed by atoms with E-state index in [1.54, 1.807) is 7.11 Å². The number of benzene rings is 1. The van der Waals surface area contributed by atoms with Crippen LogP contribution in [0.5, 0.6) is 5.75 Å². The number of aryl methyl sites for hydroxylation is 1. The molecular weight excluding hydrogens is 222 g/mol. The largest absolute Gasteiger partial charge is 0.496 e. The molecule has 0 fully saturated rings. The minimum absolute atomic E-state index is 0.0611. The van der Waals surface area contributed by atoms with Crippen LogP contribution in [-0.2, 0) is 5.41 Å². The van der Waals surface area contributed by atoms with Crippen molar-refractivity contribution in [2.24, 2.45) is 5.73 Å². The summed E-state index contributed by atoms with van der Waals surface area (Å²) in [5.74, 6) is 0.967. The van der Waals surface area contributed by atoms with Gasteiger partial charge in [-0.2, -0.15) is 0 Å². The Hall–Kier alpha value is -1.02. The Balaban J connectivity index is 3.38. The SMILES string of the molecule is CCCC(N)c1cc(C)cc(C(C)(C)C)c1OC. The number of rotatable bonds is 4. The molecule has 0 saturated carbocycles. The molecule has 0 radical (unpaired) electrons. The zero-order chi connectivity index (χ0) is 13.9. The molecule has 0 aromatic heterocycles. The normalized spacial score (nSPS) is 13.5. The highest BCUT2D eigenvalue weighted by Gasteiger charge is 2.23. The molecule has 0 spiro atoms. The average Bonchev–Trinajstić information content (AvgIpc) is 2.27. The number of nitrogens with two attached hydrogens (primary N) is 1. The monoisotopic (exact) mass is 249 g/mol. The second kappa shape index (κ2) is 5.75. The molecule has 2 N–H and O–H groups in total. The van der Waals surface area contributed by atoms with Crippen molar-refractivity contribution in [3.05, 3.63) is 28.8 Å². The smallest absolute Gasteiger partial charge is 0.127 e. The van der Waals surface area contributed by atoms with Crippen LogP contribution in [0.1, 0.15) is 63.3 Å². The lowest BCUT2D eigenvalue weighted by Crippen LogP contribution is -2.18. The van der Waals surface area contributed by atoms with Crippen molar-refractivity contribution in [3.63, 3.8) is 0 Å². The van der Waals surface area contributed by atoms with Gasteiger partial charge in [0, 0.05) is 17.2 Å². The van der Waals surface area contributed by atoms with Gasteiger partial charge in [0.1, 0.15) is 5.75 Å². The Morgan fingerprint density at radius 2 is 1.89 bits per heavy atom. The predicted octanol–water partition coefficient (Wildman–Crippen LogP) is 4.10. The first-order valence-corrected chi connectivity index (χ1v) is 6.75. The highest BCUT2D eigenvalue weighted by molar-refractivity contribution is 5.49. The van der Waals surface area contributed by atoms with Crippen molar-refractivity contribution in [2.45, 2.75) is 58.9 Å². The third-order valence-corrected chi connectivity index (χ3v) is 3.27. The lowest BCUT2D eigenvalue weighted by molar-refractivity contribution is 0.387. The minimum Gasteiger partial charge on any atom is -0.496 e. The quantitative estimate of drug-likeness (QED) is 0.872. The van der Waals surface area contributed by atoms with E-state index < -0.39 is 0 Å². The van der Waals surface area contributed by atoms with Crippen LogP contribution < -0.4 is 10.5 Å². The van der Waals surface area contributed by atoms with Crippen molar-refractivity contribution in [1.29, 1.82) is 0 Å². The number of hydrogen-bond acceptors (Lipinski definition) is 2.